The van der Waals surface area contributed by atoms with Gasteiger partial charge in [0.05, 0.1) is 5.56 Å². The van der Waals surface area contributed by atoms with Gasteiger partial charge in [-0.05, 0) is 44.1 Å². The van der Waals surface area contributed by atoms with Crippen LogP contribution < -0.4 is 5.32 Å². The van der Waals surface area contributed by atoms with Gasteiger partial charge in [-0.25, -0.2) is 4.79 Å². The quantitative estimate of drug-likeness (QED) is 0.494. The largest absolute Gasteiger partial charge is 0.477 e. The number of Topliss-reactive ketones (excluding diaryl/α,β-unsaturated/α-hetero) is 1. The minimum absolute atomic E-state index is 0.138. The lowest BCUT2D eigenvalue weighted by Gasteiger charge is -2.10. The van der Waals surface area contributed by atoms with Gasteiger partial charge in [0.1, 0.15) is 11.2 Å². The van der Waals surface area contributed by atoms with Crippen molar-refractivity contribution in [3.63, 3.8) is 0 Å². The van der Waals surface area contributed by atoms with Gasteiger partial charge in [0, 0.05) is 11.7 Å². The second-order valence-electron chi connectivity index (χ2n) is 6.75. The fourth-order valence-electron chi connectivity index (χ4n) is 3.74. The number of ketones is 1. The van der Waals surface area contributed by atoms with E-state index in [0.717, 1.165) is 6.42 Å². The summed E-state index contributed by atoms with van der Waals surface area (Å²) in [4.78, 5) is 36.5. The smallest absolute Gasteiger partial charge is 0.352 e. The van der Waals surface area contributed by atoms with Crippen LogP contribution in [0.4, 0.5) is 0 Å². The number of carbonyl (C=O) groups is 3. The molecule has 1 aromatic heterocycles. The Bertz CT molecular complexity index is 823. The van der Waals surface area contributed by atoms with Crippen LogP contribution in [0.5, 0.6) is 0 Å². The molecule has 118 valence electrons. The molecule has 6 heteroatoms. The van der Waals surface area contributed by atoms with E-state index in [4.69, 9.17) is 6.42 Å². The van der Waals surface area contributed by atoms with Crippen LogP contribution in [0.3, 0.4) is 0 Å². The Labute approximate surface area is 132 Å². The summed E-state index contributed by atoms with van der Waals surface area (Å²) < 4.78 is 1.75. The molecule has 23 heavy (non-hydrogen) atoms. The van der Waals surface area contributed by atoms with Crippen LogP contribution in [-0.2, 0) is 11.2 Å². The Morgan fingerprint density at radius 3 is 2.65 bits per heavy atom. The third-order valence-corrected chi connectivity index (χ3v) is 5.24. The molecule has 0 spiro atoms. The molecule has 6 nitrogen and oxygen atoms in total. The maximum absolute atomic E-state index is 12.6. The van der Waals surface area contributed by atoms with Crippen LogP contribution in [0.1, 0.15) is 57.4 Å². The van der Waals surface area contributed by atoms with Crippen molar-refractivity contribution < 1.29 is 19.5 Å². The first kappa shape index (κ1) is 14.1. The van der Waals surface area contributed by atoms with Crippen molar-refractivity contribution in [1.82, 2.24) is 9.88 Å². The van der Waals surface area contributed by atoms with Gasteiger partial charge in [0.2, 0.25) is 0 Å². The number of rotatable bonds is 4. The summed E-state index contributed by atoms with van der Waals surface area (Å²) in [6, 6.07) is 0.167. The van der Waals surface area contributed by atoms with E-state index in [9.17, 15) is 19.5 Å². The van der Waals surface area contributed by atoms with Gasteiger partial charge < -0.3 is 15.0 Å². The first-order chi connectivity index (χ1) is 10.9. The summed E-state index contributed by atoms with van der Waals surface area (Å²) in [7, 11) is 0. The second-order valence-corrected chi connectivity index (χ2v) is 6.75. The molecule has 0 radical (unpaired) electrons. The van der Waals surface area contributed by atoms with E-state index < -0.39 is 23.2 Å². The molecule has 2 fully saturated rings. The summed E-state index contributed by atoms with van der Waals surface area (Å²) in [5.41, 5.74) is 0.760. The zero-order valence-electron chi connectivity index (χ0n) is 12.7. The molecular formula is C17H16N2O4. The van der Waals surface area contributed by atoms with Crippen molar-refractivity contribution in [2.75, 3.05) is 0 Å². The zero-order chi connectivity index (χ0) is 16.5. The molecular weight excluding hydrogens is 296 g/mol. The molecule has 1 aliphatic heterocycles. The summed E-state index contributed by atoms with van der Waals surface area (Å²) >= 11 is 0. The number of fused-ring (bicyclic) bond motifs is 3. The Hall–Kier alpha value is -2.55. The predicted octanol–water partition coefficient (Wildman–Crippen LogP) is 1.08. The lowest BCUT2D eigenvalue weighted by Crippen LogP contribution is -2.40. The van der Waals surface area contributed by atoms with E-state index in [1.54, 1.807) is 11.5 Å². The molecule has 0 aromatic carbocycles. The predicted molar refractivity (Wildman–Crippen MR) is 80.2 cm³/mol. The number of aromatic carboxylic acids is 1. The maximum atomic E-state index is 12.6. The molecule has 1 aromatic rings. The Morgan fingerprint density at radius 2 is 2.09 bits per heavy atom. The molecule has 2 aliphatic carbocycles. The summed E-state index contributed by atoms with van der Waals surface area (Å²) in [5, 5.41) is 12.1. The Kier molecular flexibility index (Phi) is 2.60. The summed E-state index contributed by atoms with van der Waals surface area (Å²) in [6.45, 7) is 1.60. The summed E-state index contributed by atoms with van der Waals surface area (Å²) in [6.07, 6.45) is 8.33. The normalized spacial score (nSPS) is 25.0. The van der Waals surface area contributed by atoms with Crippen LogP contribution in [0.25, 0.3) is 0 Å². The second kappa shape index (κ2) is 4.25. The van der Waals surface area contributed by atoms with Crippen LogP contribution >= 0.6 is 0 Å². The number of nitrogens with one attached hydrogen (secondary N) is 1. The minimum Gasteiger partial charge on any atom is -0.477 e. The highest BCUT2D eigenvalue weighted by Gasteiger charge is 2.51. The van der Waals surface area contributed by atoms with E-state index in [2.05, 4.69) is 11.2 Å². The number of carboxylic acids is 1. The van der Waals surface area contributed by atoms with Gasteiger partial charge in [0.25, 0.3) is 11.7 Å². The molecule has 0 unspecified atom stereocenters. The number of hydrogen-bond donors (Lipinski definition) is 2. The van der Waals surface area contributed by atoms with Crippen LogP contribution in [0, 0.1) is 25.2 Å². The third kappa shape index (κ3) is 1.86. The number of terminal acetylenes is 1. The fourth-order valence-corrected chi connectivity index (χ4v) is 3.74. The van der Waals surface area contributed by atoms with Crippen molar-refractivity contribution in [3.8, 4) is 12.3 Å². The number of hydrogen-bond acceptors (Lipinski definition) is 3. The van der Waals surface area contributed by atoms with Crippen molar-refractivity contribution in [2.24, 2.45) is 5.92 Å². The zero-order valence-corrected chi connectivity index (χ0v) is 12.7. The van der Waals surface area contributed by atoms with Crippen LogP contribution in [-0.4, -0.2) is 32.9 Å². The number of amides is 1. The van der Waals surface area contributed by atoms with E-state index in [0.29, 0.717) is 36.4 Å². The van der Waals surface area contributed by atoms with Crippen molar-refractivity contribution in [2.45, 2.75) is 44.2 Å². The number of carbonyl (C=O) groups excluding carboxylic acids is 2. The molecule has 0 saturated heterocycles. The van der Waals surface area contributed by atoms with E-state index >= 15 is 0 Å². The van der Waals surface area contributed by atoms with Gasteiger partial charge in [0.15, 0.2) is 0 Å². The van der Waals surface area contributed by atoms with E-state index in [1.807, 2.05) is 0 Å². The number of nitrogens with zero attached hydrogens (tertiary/aromatic N) is 1. The van der Waals surface area contributed by atoms with Crippen LogP contribution in [0.15, 0.2) is 0 Å². The molecule has 0 bridgehead atoms. The molecule has 2 saturated carbocycles. The van der Waals surface area contributed by atoms with Crippen molar-refractivity contribution in [1.29, 1.82) is 0 Å². The minimum atomic E-state index is -1.06. The van der Waals surface area contributed by atoms with Gasteiger partial charge in [-0.15, -0.1) is 6.42 Å². The van der Waals surface area contributed by atoms with Gasteiger partial charge >= 0.3 is 5.97 Å². The maximum Gasteiger partial charge on any atom is 0.352 e. The Balaban J connectivity index is 1.72. The average molecular weight is 312 g/mol. The highest BCUT2D eigenvalue weighted by molar-refractivity contribution is 6.44. The van der Waals surface area contributed by atoms with Gasteiger partial charge in [-0.1, -0.05) is 5.92 Å². The highest BCUT2D eigenvalue weighted by Crippen LogP contribution is 2.54. The molecule has 4 rings (SSSR count). The van der Waals surface area contributed by atoms with Crippen LogP contribution in [0.2, 0.25) is 0 Å². The van der Waals surface area contributed by atoms with Crippen molar-refractivity contribution in [3.05, 3.63) is 22.5 Å². The first-order valence-electron chi connectivity index (χ1n) is 7.70. The fraction of sp³-hybridized carbons (Fsp3) is 0.471. The molecule has 3 aliphatic rings. The number of aromatic nitrogens is 1. The molecule has 1 amide bonds. The molecule has 2 heterocycles. The number of carboxylic acid groups (broad SMARTS) is 1. The lowest BCUT2D eigenvalue weighted by molar-refractivity contribution is -0.117. The highest BCUT2D eigenvalue weighted by atomic mass is 16.4. The first-order valence-corrected chi connectivity index (χ1v) is 7.70. The van der Waals surface area contributed by atoms with Gasteiger partial charge in [-0.3, -0.25) is 9.59 Å². The topological polar surface area (TPSA) is 88.4 Å². The summed E-state index contributed by atoms with van der Waals surface area (Å²) in [5.74, 6) is 0.435. The van der Waals surface area contributed by atoms with E-state index in [-0.39, 0.29) is 17.3 Å². The Morgan fingerprint density at radius 1 is 1.39 bits per heavy atom. The molecule has 2 atom stereocenters. The third-order valence-electron chi connectivity index (χ3n) is 5.24. The average Bonchev–Trinajstić information content (AvgIpc) is 3.38. The standard InChI is InChI=1S/C17H16N2O4/c1-3-17(4-5-17)18-15(21)14(20)12-8(2)13(16(22)23)19-10-6-9(10)7-11(12)19/h1,9-10H,4-7H2,2H3,(H,18,21)(H,22,23)/t9-,10-/m1/s1. The monoisotopic (exact) mass is 312 g/mol. The van der Waals surface area contributed by atoms with Crippen molar-refractivity contribution >= 4 is 17.7 Å². The van der Waals surface area contributed by atoms with Gasteiger partial charge in [-0.2, -0.15) is 0 Å². The SMILES string of the molecule is C#CC1(NC(=O)C(=O)c2c(C)c(C(=O)O)n3c2C[C@H]2C[C@H]23)CC1. The molecule has 2 N–H and O–H groups in total. The van der Waals surface area contributed by atoms with E-state index in [1.165, 1.54) is 0 Å². The lowest BCUT2D eigenvalue weighted by atomic mass is 10.0.